The Morgan fingerprint density at radius 1 is 0.917 bits per heavy atom. The summed E-state index contributed by atoms with van der Waals surface area (Å²) in [6.45, 7) is 6.14. The third-order valence-electron chi connectivity index (χ3n) is 4.24. The fourth-order valence-electron chi connectivity index (χ4n) is 2.59. The second-order valence-corrected chi connectivity index (χ2v) is 8.15. The SMILES string of the molecule is Cc1cc(C)c(S(=O)(=O)NCCc2ccc(N(C)C)cc2)cc1C. The van der Waals surface area contributed by atoms with Crippen molar-refractivity contribution in [1.29, 1.82) is 0 Å². The highest BCUT2D eigenvalue weighted by molar-refractivity contribution is 7.89. The van der Waals surface area contributed by atoms with Crippen molar-refractivity contribution in [1.82, 2.24) is 4.72 Å². The van der Waals surface area contributed by atoms with Crippen LogP contribution in [-0.2, 0) is 16.4 Å². The molecule has 0 saturated heterocycles. The molecule has 4 nitrogen and oxygen atoms in total. The monoisotopic (exact) mass is 346 g/mol. The number of nitrogens with zero attached hydrogens (tertiary/aromatic N) is 1. The summed E-state index contributed by atoms with van der Waals surface area (Å²) >= 11 is 0. The molecule has 0 aliphatic heterocycles. The zero-order valence-electron chi connectivity index (χ0n) is 15.1. The van der Waals surface area contributed by atoms with Crippen LogP contribution in [0.1, 0.15) is 22.3 Å². The quantitative estimate of drug-likeness (QED) is 0.874. The van der Waals surface area contributed by atoms with E-state index < -0.39 is 10.0 Å². The summed E-state index contributed by atoms with van der Waals surface area (Å²) in [5, 5.41) is 0. The first-order chi connectivity index (χ1) is 11.2. The van der Waals surface area contributed by atoms with Crippen molar-refractivity contribution in [2.24, 2.45) is 0 Å². The van der Waals surface area contributed by atoms with Crippen LogP contribution in [0, 0.1) is 20.8 Å². The number of hydrogen-bond acceptors (Lipinski definition) is 3. The maximum Gasteiger partial charge on any atom is 0.240 e. The number of benzene rings is 2. The molecule has 2 aromatic rings. The van der Waals surface area contributed by atoms with Crippen LogP contribution in [0.5, 0.6) is 0 Å². The van der Waals surface area contributed by atoms with Crippen LogP contribution in [0.4, 0.5) is 5.69 Å². The van der Waals surface area contributed by atoms with E-state index in [0.717, 1.165) is 27.9 Å². The number of aryl methyl sites for hydroxylation is 3. The first kappa shape index (κ1) is 18.5. The molecule has 0 spiro atoms. The summed E-state index contributed by atoms with van der Waals surface area (Å²) in [4.78, 5) is 2.41. The van der Waals surface area contributed by atoms with Gasteiger partial charge in [-0.2, -0.15) is 0 Å². The van der Waals surface area contributed by atoms with Crippen LogP contribution in [0.2, 0.25) is 0 Å². The molecular weight excluding hydrogens is 320 g/mol. The molecule has 0 aliphatic carbocycles. The molecule has 2 aromatic carbocycles. The lowest BCUT2D eigenvalue weighted by Gasteiger charge is -2.13. The normalized spacial score (nSPS) is 11.5. The van der Waals surface area contributed by atoms with Crippen LogP contribution in [-0.4, -0.2) is 29.1 Å². The highest BCUT2D eigenvalue weighted by atomic mass is 32.2. The fourth-order valence-corrected chi connectivity index (χ4v) is 3.93. The molecule has 130 valence electrons. The van der Waals surface area contributed by atoms with E-state index in [-0.39, 0.29) is 0 Å². The first-order valence-electron chi connectivity index (χ1n) is 8.04. The predicted octanol–water partition coefficient (Wildman–Crippen LogP) is 3.20. The second kappa shape index (κ2) is 7.36. The molecule has 0 amide bonds. The van der Waals surface area contributed by atoms with Crippen molar-refractivity contribution in [3.63, 3.8) is 0 Å². The Morgan fingerprint density at radius 3 is 2.08 bits per heavy atom. The Labute approximate surface area is 145 Å². The van der Waals surface area contributed by atoms with Gasteiger partial charge in [0.15, 0.2) is 0 Å². The smallest absolute Gasteiger partial charge is 0.240 e. The lowest BCUT2D eigenvalue weighted by Crippen LogP contribution is -2.26. The third kappa shape index (κ3) is 4.36. The van der Waals surface area contributed by atoms with E-state index in [1.54, 1.807) is 6.07 Å². The molecule has 0 heterocycles. The summed E-state index contributed by atoms with van der Waals surface area (Å²) in [6, 6.07) is 11.8. The van der Waals surface area contributed by atoms with Crippen LogP contribution < -0.4 is 9.62 Å². The number of rotatable bonds is 6. The van der Waals surface area contributed by atoms with E-state index in [0.29, 0.717) is 17.9 Å². The van der Waals surface area contributed by atoms with Gasteiger partial charge in [-0.25, -0.2) is 13.1 Å². The van der Waals surface area contributed by atoms with E-state index in [1.165, 1.54) is 0 Å². The molecule has 0 unspecified atom stereocenters. The van der Waals surface area contributed by atoms with Crippen LogP contribution in [0.25, 0.3) is 0 Å². The van der Waals surface area contributed by atoms with Gasteiger partial charge in [-0.3, -0.25) is 0 Å². The zero-order chi connectivity index (χ0) is 17.9. The summed E-state index contributed by atoms with van der Waals surface area (Å²) in [7, 11) is 0.510. The molecule has 2 rings (SSSR count). The predicted molar refractivity (Wildman–Crippen MR) is 100 cm³/mol. The minimum atomic E-state index is -3.48. The summed E-state index contributed by atoms with van der Waals surface area (Å²) in [5.41, 5.74) is 5.11. The highest BCUT2D eigenvalue weighted by Gasteiger charge is 2.17. The molecule has 0 aromatic heterocycles. The average molecular weight is 346 g/mol. The van der Waals surface area contributed by atoms with Gasteiger partial charge < -0.3 is 4.90 Å². The second-order valence-electron chi connectivity index (χ2n) is 6.41. The van der Waals surface area contributed by atoms with Gasteiger partial charge in [0.05, 0.1) is 4.90 Å². The molecule has 0 aliphatic rings. The van der Waals surface area contributed by atoms with E-state index in [2.05, 4.69) is 4.72 Å². The number of hydrogen-bond donors (Lipinski definition) is 1. The standard InChI is InChI=1S/C19H26N2O2S/c1-14-12-16(3)19(13-15(14)2)24(22,23)20-11-10-17-6-8-18(9-7-17)21(4)5/h6-9,12-13,20H,10-11H2,1-5H3. The molecule has 0 radical (unpaired) electrons. The van der Waals surface area contributed by atoms with E-state index >= 15 is 0 Å². The molecule has 0 saturated carbocycles. The van der Waals surface area contributed by atoms with Crippen molar-refractivity contribution in [3.8, 4) is 0 Å². The molecule has 24 heavy (non-hydrogen) atoms. The molecule has 0 bridgehead atoms. The van der Waals surface area contributed by atoms with Gasteiger partial charge in [0.2, 0.25) is 10.0 Å². The number of sulfonamides is 1. The minimum absolute atomic E-state index is 0.369. The molecule has 0 fully saturated rings. The van der Waals surface area contributed by atoms with Crippen LogP contribution >= 0.6 is 0 Å². The largest absolute Gasteiger partial charge is 0.378 e. The average Bonchev–Trinajstić information content (AvgIpc) is 2.51. The van der Waals surface area contributed by atoms with E-state index in [9.17, 15) is 8.42 Å². The molecule has 1 N–H and O–H groups in total. The Hall–Kier alpha value is -1.85. The molecular formula is C19H26N2O2S. The first-order valence-corrected chi connectivity index (χ1v) is 9.53. The zero-order valence-corrected chi connectivity index (χ0v) is 15.9. The van der Waals surface area contributed by atoms with Crippen molar-refractivity contribution >= 4 is 15.7 Å². The van der Waals surface area contributed by atoms with E-state index in [1.807, 2.05) is 70.1 Å². The van der Waals surface area contributed by atoms with Crippen molar-refractivity contribution < 1.29 is 8.42 Å². The Kier molecular flexibility index (Phi) is 5.67. The summed E-state index contributed by atoms with van der Waals surface area (Å²) in [6.07, 6.45) is 0.664. The maximum atomic E-state index is 12.5. The Morgan fingerprint density at radius 2 is 1.50 bits per heavy atom. The Bertz CT molecular complexity index is 810. The van der Waals surface area contributed by atoms with Gasteiger partial charge in [0.25, 0.3) is 0 Å². The van der Waals surface area contributed by atoms with Crippen LogP contribution in [0.3, 0.4) is 0 Å². The van der Waals surface area contributed by atoms with Gasteiger partial charge in [0.1, 0.15) is 0 Å². The van der Waals surface area contributed by atoms with Crippen molar-refractivity contribution in [3.05, 3.63) is 58.7 Å². The van der Waals surface area contributed by atoms with Crippen molar-refractivity contribution in [2.45, 2.75) is 32.1 Å². The van der Waals surface area contributed by atoms with Gasteiger partial charge >= 0.3 is 0 Å². The molecule has 5 heteroatoms. The number of nitrogens with one attached hydrogen (secondary N) is 1. The van der Waals surface area contributed by atoms with Gasteiger partial charge in [-0.15, -0.1) is 0 Å². The van der Waals surface area contributed by atoms with E-state index in [4.69, 9.17) is 0 Å². The Balaban J connectivity index is 2.04. The topological polar surface area (TPSA) is 49.4 Å². The summed E-state index contributed by atoms with van der Waals surface area (Å²) < 4.78 is 27.8. The van der Waals surface area contributed by atoms with Crippen molar-refractivity contribution in [2.75, 3.05) is 25.5 Å². The van der Waals surface area contributed by atoms with Gasteiger partial charge in [0, 0.05) is 26.3 Å². The van der Waals surface area contributed by atoms with Gasteiger partial charge in [-0.1, -0.05) is 18.2 Å². The lowest BCUT2D eigenvalue weighted by molar-refractivity contribution is 0.581. The molecule has 0 atom stereocenters. The fraction of sp³-hybridized carbons (Fsp3) is 0.368. The number of anilines is 1. The van der Waals surface area contributed by atoms with Gasteiger partial charge in [-0.05, 0) is 67.6 Å². The summed E-state index contributed by atoms with van der Waals surface area (Å²) in [5.74, 6) is 0. The lowest BCUT2D eigenvalue weighted by atomic mass is 10.1. The minimum Gasteiger partial charge on any atom is -0.378 e. The maximum absolute atomic E-state index is 12.5. The third-order valence-corrected chi connectivity index (χ3v) is 5.84. The highest BCUT2D eigenvalue weighted by Crippen LogP contribution is 2.20. The van der Waals surface area contributed by atoms with Crippen LogP contribution in [0.15, 0.2) is 41.3 Å².